The van der Waals surface area contributed by atoms with E-state index in [-0.39, 0.29) is 18.3 Å². The van der Waals surface area contributed by atoms with Gasteiger partial charge in [-0.1, -0.05) is 6.92 Å². The molecule has 1 unspecified atom stereocenters. The number of nitrogens with zero attached hydrogens (tertiary/aromatic N) is 5. The van der Waals surface area contributed by atoms with Gasteiger partial charge >= 0.3 is 5.97 Å². The Morgan fingerprint density at radius 2 is 2.19 bits per heavy atom. The Morgan fingerprint density at radius 1 is 1.48 bits per heavy atom. The summed E-state index contributed by atoms with van der Waals surface area (Å²) >= 11 is 0. The van der Waals surface area contributed by atoms with E-state index in [4.69, 9.17) is 10.5 Å². The molecule has 8 nitrogen and oxygen atoms in total. The van der Waals surface area contributed by atoms with Gasteiger partial charge in [-0.25, -0.2) is 9.78 Å². The molecule has 2 aromatic rings. The average molecular weight is 292 g/mol. The summed E-state index contributed by atoms with van der Waals surface area (Å²) in [6.07, 6.45) is 2.27. The first-order chi connectivity index (χ1) is 10.0. The van der Waals surface area contributed by atoms with Crippen LogP contribution in [0.3, 0.4) is 0 Å². The molecule has 0 aromatic carbocycles. The van der Waals surface area contributed by atoms with Crippen molar-refractivity contribution in [1.29, 1.82) is 0 Å². The fourth-order valence-electron chi connectivity index (χ4n) is 2.31. The molecule has 2 rings (SSSR count). The predicted octanol–water partition coefficient (Wildman–Crippen LogP) is 0.942. The van der Waals surface area contributed by atoms with Crippen molar-refractivity contribution in [1.82, 2.24) is 24.3 Å². The van der Waals surface area contributed by atoms with E-state index in [1.807, 2.05) is 25.5 Å². The van der Waals surface area contributed by atoms with Crippen LogP contribution in [0.25, 0.3) is 0 Å². The molecule has 0 aliphatic rings. The first kappa shape index (κ1) is 15.0. The van der Waals surface area contributed by atoms with Crippen LogP contribution in [0.15, 0.2) is 6.33 Å². The maximum absolute atomic E-state index is 11.9. The fourth-order valence-corrected chi connectivity index (χ4v) is 2.31. The molecule has 0 saturated carbocycles. The van der Waals surface area contributed by atoms with Gasteiger partial charge < -0.3 is 19.6 Å². The zero-order valence-electron chi connectivity index (χ0n) is 12.7. The highest BCUT2D eigenvalue weighted by molar-refractivity contribution is 5.92. The van der Waals surface area contributed by atoms with E-state index in [1.165, 1.54) is 0 Å². The number of carbonyl (C=O) groups is 1. The maximum Gasteiger partial charge on any atom is 0.360 e. The van der Waals surface area contributed by atoms with Crippen LogP contribution in [0.4, 0.5) is 5.82 Å². The van der Waals surface area contributed by atoms with Crippen LogP contribution in [0, 0.1) is 0 Å². The van der Waals surface area contributed by atoms with Gasteiger partial charge in [-0.05, 0) is 13.8 Å². The Bertz CT molecular complexity index is 645. The quantitative estimate of drug-likeness (QED) is 0.823. The summed E-state index contributed by atoms with van der Waals surface area (Å²) in [7, 11) is 1.86. The molecule has 0 amide bonds. The number of anilines is 1. The smallest absolute Gasteiger partial charge is 0.360 e. The Hall–Kier alpha value is -2.38. The second kappa shape index (κ2) is 5.94. The molecule has 21 heavy (non-hydrogen) atoms. The summed E-state index contributed by atoms with van der Waals surface area (Å²) in [4.78, 5) is 16.2. The molecule has 0 fully saturated rings. The number of hydrogen-bond donors (Lipinski definition) is 1. The first-order valence-electron chi connectivity index (χ1n) is 6.88. The summed E-state index contributed by atoms with van der Waals surface area (Å²) in [5.74, 6) is 1.24. The lowest BCUT2D eigenvalue weighted by atomic mass is 10.3. The van der Waals surface area contributed by atoms with Crippen LogP contribution in [0.2, 0.25) is 0 Å². The van der Waals surface area contributed by atoms with Crippen LogP contribution >= 0.6 is 0 Å². The number of rotatable bonds is 5. The van der Waals surface area contributed by atoms with Gasteiger partial charge in [0.15, 0.2) is 11.5 Å². The molecule has 0 bridgehead atoms. The van der Waals surface area contributed by atoms with Gasteiger partial charge in [0.25, 0.3) is 0 Å². The molecule has 2 heterocycles. The molecular formula is C13H20N6O2. The third-order valence-corrected chi connectivity index (χ3v) is 3.31. The number of ether oxygens (including phenoxy) is 1. The number of imidazole rings is 1. The SMILES string of the molecule is CCOC(=O)c1nc(CC)n(C(C)c2nncn2C)c1N. The number of aromatic nitrogens is 5. The van der Waals surface area contributed by atoms with Crippen molar-refractivity contribution in [3.8, 4) is 0 Å². The number of nitrogen functional groups attached to an aromatic ring is 1. The molecule has 0 aliphatic heterocycles. The standard InChI is InChI=1S/C13H20N6O2/c1-5-9-16-10(13(20)21-6-2)11(14)19(9)8(3)12-17-15-7-18(12)4/h7-8H,5-6,14H2,1-4H3. The predicted molar refractivity (Wildman–Crippen MR) is 76.8 cm³/mol. The van der Waals surface area contributed by atoms with Gasteiger partial charge in [-0.2, -0.15) is 0 Å². The van der Waals surface area contributed by atoms with Crippen molar-refractivity contribution >= 4 is 11.8 Å². The van der Waals surface area contributed by atoms with E-state index in [1.54, 1.807) is 17.8 Å². The minimum Gasteiger partial charge on any atom is -0.461 e. The van der Waals surface area contributed by atoms with Crippen molar-refractivity contribution in [3.63, 3.8) is 0 Å². The summed E-state index contributed by atoms with van der Waals surface area (Å²) in [6, 6.07) is -0.178. The first-order valence-corrected chi connectivity index (χ1v) is 6.88. The zero-order valence-corrected chi connectivity index (χ0v) is 12.7. The van der Waals surface area contributed by atoms with Crippen molar-refractivity contribution < 1.29 is 9.53 Å². The monoisotopic (exact) mass is 292 g/mol. The molecule has 0 spiro atoms. The highest BCUT2D eigenvalue weighted by atomic mass is 16.5. The normalized spacial score (nSPS) is 12.4. The molecular weight excluding hydrogens is 272 g/mol. The number of aryl methyl sites for hydroxylation is 2. The highest BCUT2D eigenvalue weighted by Crippen LogP contribution is 2.25. The van der Waals surface area contributed by atoms with E-state index in [0.29, 0.717) is 18.1 Å². The summed E-state index contributed by atoms with van der Waals surface area (Å²) in [6.45, 7) is 5.92. The topological polar surface area (TPSA) is 101 Å². The minimum absolute atomic E-state index is 0.155. The summed E-state index contributed by atoms with van der Waals surface area (Å²) < 4.78 is 8.60. The minimum atomic E-state index is -0.506. The largest absolute Gasteiger partial charge is 0.461 e. The number of esters is 1. The van der Waals surface area contributed by atoms with E-state index < -0.39 is 5.97 Å². The van der Waals surface area contributed by atoms with Crippen molar-refractivity contribution in [2.75, 3.05) is 12.3 Å². The number of carbonyl (C=O) groups excluding carboxylic acids is 1. The van der Waals surface area contributed by atoms with Crippen LogP contribution in [0.1, 0.15) is 49.0 Å². The van der Waals surface area contributed by atoms with Crippen molar-refractivity contribution in [3.05, 3.63) is 23.7 Å². The van der Waals surface area contributed by atoms with E-state index in [9.17, 15) is 4.79 Å². The molecule has 8 heteroatoms. The van der Waals surface area contributed by atoms with E-state index >= 15 is 0 Å². The second-order valence-corrected chi connectivity index (χ2v) is 4.68. The fraction of sp³-hybridized carbons (Fsp3) is 0.538. The highest BCUT2D eigenvalue weighted by Gasteiger charge is 2.25. The van der Waals surface area contributed by atoms with Crippen LogP contribution in [-0.2, 0) is 18.2 Å². The van der Waals surface area contributed by atoms with Crippen molar-refractivity contribution in [2.24, 2.45) is 7.05 Å². The Kier molecular flexibility index (Phi) is 4.25. The maximum atomic E-state index is 11.9. The summed E-state index contributed by atoms with van der Waals surface area (Å²) in [5, 5.41) is 7.96. The molecule has 1 atom stereocenters. The van der Waals surface area contributed by atoms with Crippen LogP contribution in [-0.4, -0.2) is 36.9 Å². The average Bonchev–Trinajstić information content (AvgIpc) is 3.02. The molecule has 2 N–H and O–H groups in total. The Balaban J connectivity index is 2.48. The number of nitrogens with two attached hydrogens (primary N) is 1. The van der Waals surface area contributed by atoms with Gasteiger partial charge in [0.05, 0.1) is 12.6 Å². The third kappa shape index (κ3) is 2.61. The van der Waals surface area contributed by atoms with Crippen LogP contribution < -0.4 is 5.73 Å². The van der Waals surface area contributed by atoms with Gasteiger partial charge in [-0.15, -0.1) is 10.2 Å². The van der Waals surface area contributed by atoms with Gasteiger partial charge in [0.2, 0.25) is 0 Å². The van der Waals surface area contributed by atoms with E-state index in [0.717, 1.165) is 5.82 Å². The Morgan fingerprint density at radius 3 is 2.71 bits per heavy atom. The zero-order chi connectivity index (χ0) is 15.6. The lowest BCUT2D eigenvalue weighted by molar-refractivity contribution is 0.0521. The summed E-state index contributed by atoms with van der Waals surface area (Å²) in [5.41, 5.74) is 6.27. The lowest BCUT2D eigenvalue weighted by Gasteiger charge is -2.16. The number of hydrogen-bond acceptors (Lipinski definition) is 6. The van der Waals surface area contributed by atoms with Gasteiger partial charge in [-0.3, -0.25) is 0 Å². The van der Waals surface area contributed by atoms with E-state index in [2.05, 4.69) is 15.2 Å². The lowest BCUT2D eigenvalue weighted by Crippen LogP contribution is -2.17. The molecule has 0 aliphatic carbocycles. The molecule has 0 saturated heterocycles. The van der Waals surface area contributed by atoms with Crippen molar-refractivity contribution in [2.45, 2.75) is 33.2 Å². The molecule has 2 aromatic heterocycles. The molecule has 114 valence electrons. The third-order valence-electron chi connectivity index (χ3n) is 3.31. The Labute approximate surface area is 122 Å². The second-order valence-electron chi connectivity index (χ2n) is 4.68. The van der Waals surface area contributed by atoms with Crippen LogP contribution in [0.5, 0.6) is 0 Å². The van der Waals surface area contributed by atoms with Gasteiger partial charge in [0, 0.05) is 13.5 Å². The molecule has 0 radical (unpaired) electrons. The van der Waals surface area contributed by atoms with Gasteiger partial charge in [0.1, 0.15) is 18.0 Å².